The fourth-order valence-electron chi connectivity index (χ4n) is 9.48. The number of likely N-dealkylation sites (tertiary alicyclic amines) is 1. The summed E-state index contributed by atoms with van der Waals surface area (Å²) in [4.78, 5) is 36.0. The average Bonchev–Trinajstić information content (AvgIpc) is 3.69. The Kier molecular flexibility index (Phi) is 6.44. The summed E-state index contributed by atoms with van der Waals surface area (Å²) in [6.45, 7) is 4.00. The third-order valence-corrected chi connectivity index (χ3v) is 11.6. The molecule has 4 aliphatic heterocycles. The molecule has 0 radical (unpaired) electrons. The van der Waals surface area contributed by atoms with Gasteiger partial charge in [0.1, 0.15) is 17.7 Å². The van der Waals surface area contributed by atoms with E-state index in [-0.39, 0.29) is 41.3 Å². The lowest BCUT2D eigenvalue weighted by Crippen LogP contribution is -2.68. The first-order valence-corrected chi connectivity index (χ1v) is 16.0. The SMILES string of the molecule is O=C(O)C(C1N=CN2CCCC12)N1Cc2c(F)cc(-c3ccc(C45CC(CN6CCC(CO)CC6)(C4)C5)cc3)c(F)c2C1=O. The number of aliphatic imine (C=N–C) groups is 1. The molecular formula is C34H38F2N4O4. The molecule has 3 saturated carbocycles. The number of hydrogen-bond donors (Lipinski definition) is 2. The number of rotatable bonds is 8. The van der Waals surface area contributed by atoms with Crippen LogP contribution in [0, 0.1) is 23.0 Å². The molecular weight excluding hydrogens is 566 g/mol. The number of carboxylic acids is 1. The Hall–Kier alpha value is -3.37. The summed E-state index contributed by atoms with van der Waals surface area (Å²) < 4.78 is 31.5. The van der Waals surface area contributed by atoms with Crippen molar-refractivity contribution in [3.05, 3.63) is 58.7 Å². The number of aliphatic carboxylic acids is 1. The summed E-state index contributed by atoms with van der Waals surface area (Å²) >= 11 is 0. The van der Waals surface area contributed by atoms with E-state index in [2.05, 4.69) is 9.89 Å². The minimum Gasteiger partial charge on any atom is -0.480 e. The lowest BCUT2D eigenvalue weighted by atomic mass is 9.33. The molecule has 232 valence electrons. The summed E-state index contributed by atoms with van der Waals surface area (Å²) in [5.41, 5.74) is 1.78. The van der Waals surface area contributed by atoms with Crippen molar-refractivity contribution >= 4 is 18.2 Å². The van der Waals surface area contributed by atoms with Gasteiger partial charge in [-0.05, 0) is 92.0 Å². The van der Waals surface area contributed by atoms with Gasteiger partial charge in [-0.25, -0.2) is 13.6 Å². The highest BCUT2D eigenvalue weighted by Crippen LogP contribution is 2.73. The van der Waals surface area contributed by atoms with Gasteiger partial charge in [0.25, 0.3) is 5.91 Å². The zero-order chi connectivity index (χ0) is 30.4. The fraction of sp³-hybridized carbons (Fsp3) is 0.559. The van der Waals surface area contributed by atoms with Gasteiger partial charge in [-0.1, -0.05) is 24.3 Å². The second-order valence-electron chi connectivity index (χ2n) is 14.3. The molecule has 2 bridgehead atoms. The number of aliphatic hydroxyl groups excluding tert-OH is 1. The number of hydrogen-bond acceptors (Lipinski definition) is 6. The van der Waals surface area contributed by atoms with E-state index in [1.54, 1.807) is 6.34 Å². The highest BCUT2D eigenvalue weighted by atomic mass is 19.1. The Morgan fingerprint density at radius 2 is 1.80 bits per heavy atom. The van der Waals surface area contributed by atoms with Crippen LogP contribution in [0.5, 0.6) is 0 Å². The molecule has 5 fully saturated rings. The normalized spacial score (nSPS) is 31.6. The van der Waals surface area contributed by atoms with Crippen molar-refractivity contribution < 1.29 is 28.6 Å². The van der Waals surface area contributed by atoms with Gasteiger partial charge < -0.3 is 24.9 Å². The number of carbonyl (C=O) groups excluding carboxylic acids is 1. The van der Waals surface area contributed by atoms with E-state index < -0.39 is 35.6 Å². The number of carbonyl (C=O) groups is 2. The second-order valence-corrected chi connectivity index (χ2v) is 14.3. The quantitative estimate of drug-likeness (QED) is 0.472. The van der Waals surface area contributed by atoms with E-state index >= 15 is 8.78 Å². The Balaban J connectivity index is 0.984. The van der Waals surface area contributed by atoms with Crippen molar-refractivity contribution in [2.45, 2.75) is 75.0 Å². The predicted octanol–water partition coefficient (Wildman–Crippen LogP) is 4.04. The molecule has 44 heavy (non-hydrogen) atoms. The monoisotopic (exact) mass is 604 g/mol. The van der Waals surface area contributed by atoms with Crippen molar-refractivity contribution in [2.75, 3.05) is 32.8 Å². The van der Waals surface area contributed by atoms with Crippen LogP contribution in [-0.2, 0) is 16.8 Å². The maximum atomic E-state index is 16.0. The van der Waals surface area contributed by atoms with Crippen LogP contribution >= 0.6 is 0 Å². The molecule has 0 aromatic heterocycles. The molecule has 3 aliphatic carbocycles. The number of nitrogens with zero attached hydrogens (tertiary/aromatic N) is 4. The zero-order valence-electron chi connectivity index (χ0n) is 24.7. The van der Waals surface area contributed by atoms with Gasteiger partial charge in [0, 0.05) is 30.8 Å². The lowest BCUT2D eigenvalue weighted by Gasteiger charge is -2.72. The van der Waals surface area contributed by atoms with Gasteiger partial charge in [-0.2, -0.15) is 0 Å². The van der Waals surface area contributed by atoms with E-state index in [0.717, 1.165) is 82.1 Å². The third-order valence-electron chi connectivity index (χ3n) is 11.6. The van der Waals surface area contributed by atoms with Gasteiger partial charge in [0.2, 0.25) is 0 Å². The van der Waals surface area contributed by atoms with Crippen molar-refractivity contribution in [1.82, 2.24) is 14.7 Å². The van der Waals surface area contributed by atoms with Crippen LogP contribution in [0.3, 0.4) is 0 Å². The molecule has 7 aliphatic rings. The fourth-order valence-corrected chi connectivity index (χ4v) is 9.48. The second kappa shape index (κ2) is 10.1. The molecule has 2 aromatic carbocycles. The standard InChI is InChI=1S/C34H38F2N4O4/c35-25-12-23(21-3-5-22(6-4-21)34-15-33(16-34,17-34)18-38-10-7-20(14-41)8-11-38)28(36)27-24(25)13-40(31(27)42)30(32(43)44)29-26-2-1-9-39(26)19-37-29/h3-6,12,19-20,26,29-30,41H,1-2,7-11,13-18H2,(H,43,44). The maximum absolute atomic E-state index is 16.0. The van der Waals surface area contributed by atoms with E-state index in [1.165, 1.54) is 5.56 Å². The maximum Gasteiger partial charge on any atom is 0.328 e. The van der Waals surface area contributed by atoms with Crippen LogP contribution in [0.2, 0.25) is 0 Å². The molecule has 8 nitrogen and oxygen atoms in total. The topological polar surface area (TPSA) is 96.7 Å². The summed E-state index contributed by atoms with van der Waals surface area (Å²) in [5, 5.41) is 19.6. The molecule has 2 N–H and O–H groups in total. The molecule has 2 aromatic rings. The summed E-state index contributed by atoms with van der Waals surface area (Å²) in [6, 6.07) is 6.67. The number of piperidine rings is 1. The first kappa shape index (κ1) is 28.1. The first-order valence-electron chi connectivity index (χ1n) is 16.0. The van der Waals surface area contributed by atoms with E-state index in [1.807, 2.05) is 29.2 Å². The molecule has 4 heterocycles. The Morgan fingerprint density at radius 3 is 2.48 bits per heavy atom. The Bertz CT molecular complexity index is 1530. The molecule has 0 spiro atoms. The summed E-state index contributed by atoms with van der Waals surface area (Å²) in [5.74, 6) is -3.09. The molecule has 3 unspecified atom stereocenters. The van der Waals surface area contributed by atoms with Gasteiger partial charge in [-0.3, -0.25) is 9.79 Å². The van der Waals surface area contributed by atoms with E-state index in [9.17, 15) is 19.8 Å². The van der Waals surface area contributed by atoms with Crippen molar-refractivity contribution in [1.29, 1.82) is 0 Å². The first-order chi connectivity index (χ1) is 21.2. The predicted molar refractivity (Wildman–Crippen MR) is 159 cm³/mol. The minimum atomic E-state index is -1.30. The van der Waals surface area contributed by atoms with Gasteiger partial charge in [-0.15, -0.1) is 0 Å². The van der Waals surface area contributed by atoms with Gasteiger partial charge >= 0.3 is 5.97 Å². The molecule has 9 rings (SSSR count). The van der Waals surface area contributed by atoms with Crippen molar-refractivity contribution in [3.63, 3.8) is 0 Å². The lowest BCUT2D eigenvalue weighted by molar-refractivity contribution is -0.158. The summed E-state index contributed by atoms with van der Waals surface area (Å²) in [6.07, 6.45) is 8.86. The number of benzene rings is 2. The summed E-state index contributed by atoms with van der Waals surface area (Å²) in [7, 11) is 0. The van der Waals surface area contributed by atoms with Crippen molar-refractivity contribution in [3.8, 4) is 11.1 Å². The van der Waals surface area contributed by atoms with Crippen molar-refractivity contribution in [2.24, 2.45) is 16.3 Å². The molecule has 3 atom stereocenters. The Morgan fingerprint density at radius 1 is 1.07 bits per heavy atom. The molecule has 10 heteroatoms. The van der Waals surface area contributed by atoms with Crippen LogP contribution in [0.15, 0.2) is 35.3 Å². The highest BCUT2D eigenvalue weighted by molar-refractivity contribution is 6.02. The third kappa shape index (κ3) is 4.16. The average molecular weight is 605 g/mol. The highest BCUT2D eigenvalue weighted by Gasteiger charge is 2.68. The van der Waals surface area contributed by atoms with Crippen LogP contribution in [0.4, 0.5) is 8.78 Å². The van der Waals surface area contributed by atoms with E-state index in [0.29, 0.717) is 16.9 Å². The van der Waals surface area contributed by atoms with Crippen LogP contribution < -0.4 is 0 Å². The van der Waals surface area contributed by atoms with E-state index in [4.69, 9.17) is 0 Å². The minimum absolute atomic E-state index is 0.0103. The number of aliphatic hydroxyl groups is 1. The van der Waals surface area contributed by atoms with Gasteiger partial charge in [0.15, 0.2) is 6.04 Å². The zero-order valence-corrected chi connectivity index (χ0v) is 24.7. The Labute approximate surface area is 255 Å². The van der Waals surface area contributed by atoms with Crippen LogP contribution in [0.1, 0.15) is 66.4 Å². The molecule has 1 amide bonds. The number of fused-ring (bicyclic) bond motifs is 2. The smallest absolute Gasteiger partial charge is 0.328 e. The number of halogens is 2. The van der Waals surface area contributed by atoms with Gasteiger partial charge in [0.05, 0.1) is 24.5 Å². The number of amides is 1. The van der Waals surface area contributed by atoms with Crippen LogP contribution in [0.25, 0.3) is 11.1 Å². The largest absolute Gasteiger partial charge is 0.480 e. The van der Waals surface area contributed by atoms with Crippen LogP contribution in [-0.4, -0.2) is 94.0 Å². The number of carboxylic acid groups (broad SMARTS) is 1. The molecule has 2 saturated heterocycles.